The average Bonchev–Trinajstić information content (AvgIpc) is 3.03. The Hall–Kier alpha value is 2.05. The van der Waals surface area contributed by atoms with Crippen LogP contribution in [0.1, 0.15) is 102 Å². The predicted molar refractivity (Wildman–Crippen MR) is 258 cm³/mol. The van der Waals surface area contributed by atoms with Crippen molar-refractivity contribution in [1.82, 2.24) is 0 Å². The van der Waals surface area contributed by atoms with E-state index in [1.165, 1.54) is 23.7 Å². The van der Waals surface area contributed by atoms with E-state index in [4.69, 9.17) is 30.7 Å². The minimum absolute atomic E-state index is 0. The topological polar surface area (TPSA) is 180 Å². The number of carbonyl (C=O) groups is 3. The first kappa shape index (κ1) is 84.5. The van der Waals surface area contributed by atoms with Gasteiger partial charge in [0.2, 0.25) is 0 Å². The second-order valence-electron chi connectivity index (χ2n) is 12.6. The first-order chi connectivity index (χ1) is 24.5. The molecule has 0 heterocycles. The normalized spacial score (nSPS) is 11.1. The van der Waals surface area contributed by atoms with Gasteiger partial charge in [0.25, 0.3) is 0 Å². The molecule has 0 bridgehead atoms. The molecule has 4 unspecified atom stereocenters. The molecule has 0 saturated heterocycles. The maximum Gasteiger partial charge on any atom is 2.00 e. The van der Waals surface area contributed by atoms with Crippen LogP contribution in [0.5, 0.6) is 0 Å². The molecule has 0 amide bonds. The smallest absolute Gasteiger partial charge is 0.481 e. The van der Waals surface area contributed by atoms with Crippen LogP contribution in [-0.2, 0) is 56.5 Å². The summed E-state index contributed by atoms with van der Waals surface area (Å²) in [5.74, 6) is 5.54. The Balaban J connectivity index is -0.0000000469. The number of thioether (sulfide) groups is 6. The van der Waals surface area contributed by atoms with Gasteiger partial charge in [0.05, 0.1) is 25.4 Å². The van der Waals surface area contributed by atoms with Gasteiger partial charge in [-0.3, -0.25) is 24.7 Å². The summed E-state index contributed by atoms with van der Waals surface area (Å²) in [6, 6.07) is 0. The fourth-order valence-corrected chi connectivity index (χ4v) is 7.56. The third-order valence-corrected chi connectivity index (χ3v) is 9.85. The van der Waals surface area contributed by atoms with E-state index in [0.717, 1.165) is 17.3 Å². The van der Waals surface area contributed by atoms with Crippen molar-refractivity contribution in [3.63, 3.8) is 0 Å². The van der Waals surface area contributed by atoms with Crippen molar-refractivity contribution in [2.75, 3.05) is 61.4 Å². The third kappa shape index (κ3) is 133. The maximum atomic E-state index is 10.6. The van der Waals surface area contributed by atoms with Gasteiger partial charge in [-0.2, -0.15) is 154 Å². The van der Waals surface area contributed by atoms with Gasteiger partial charge in [-0.15, -0.1) is 0 Å². The summed E-state index contributed by atoms with van der Waals surface area (Å²) in [5.41, 5.74) is 0. The molecule has 0 rings (SSSR count). The van der Waals surface area contributed by atoms with E-state index in [1.807, 2.05) is 37.5 Å². The molecule has 0 saturated carbocycles. The van der Waals surface area contributed by atoms with Crippen LogP contribution in [-0.4, -0.2) is 115 Å². The fraction of sp³-hybridized carbons (Fsp3) is 0.806. The van der Waals surface area contributed by atoms with Crippen molar-refractivity contribution in [2.24, 2.45) is 5.92 Å². The number of nitrogens with one attached hydrogen (secondary N) is 2. The van der Waals surface area contributed by atoms with Gasteiger partial charge in [0.15, 0.2) is 0 Å². The quantitative estimate of drug-likeness (QED) is 0.0599. The Labute approximate surface area is 399 Å². The van der Waals surface area contributed by atoms with Crippen LogP contribution in [0.15, 0.2) is 0 Å². The van der Waals surface area contributed by atoms with Gasteiger partial charge in [-0.25, -0.2) is 0 Å². The summed E-state index contributed by atoms with van der Waals surface area (Å²) in [4.78, 5) is 31.1. The zero-order valence-corrected chi connectivity index (χ0v) is 48.3. The van der Waals surface area contributed by atoms with Gasteiger partial charge in [0.1, 0.15) is 0 Å². The van der Waals surface area contributed by atoms with E-state index >= 15 is 0 Å². The molecule has 0 aromatic carbocycles. The number of hydrogen-bond donors (Lipinski definition) is 6. The van der Waals surface area contributed by atoms with E-state index in [1.54, 1.807) is 70.6 Å². The monoisotopic (exact) mass is 1300 g/mol. The van der Waals surface area contributed by atoms with Gasteiger partial charge >= 0.3 is 60.0 Å². The Morgan fingerprint density at radius 2 is 0.709 bits per heavy atom. The van der Waals surface area contributed by atoms with E-state index in [9.17, 15) is 14.4 Å². The molecule has 9 nitrogen and oxygen atoms in total. The molecule has 0 fully saturated rings. The number of hydrogen-bond acceptors (Lipinski definition) is 12. The molecular formula is C36H80N2O7P2Pt2S6. The molecule has 4 atom stereocenters. The van der Waals surface area contributed by atoms with Crippen LogP contribution in [0.25, 0.3) is 0 Å². The van der Waals surface area contributed by atoms with Crippen molar-refractivity contribution in [1.29, 1.82) is 10.3 Å². The Bertz CT molecular complexity index is 673. The van der Waals surface area contributed by atoms with Crippen LogP contribution in [0.2, 0.25) is 0 Å². The number of rotatable bonds is 17. The molecule has 0 aromatic rings. The Morgan fingerprint density at radius 3 is 0.836 bits per heavy atom. The fourth-order valence-electron chi connectivity index (χ4n) is 2.17. The van der Waals surface area contributed by atoms with Crippen molar-refractivity contribution in [3.8, 4) is 0 Å². The summed E-state index contributed by atoms with van der Waals surface area (Å²) >= 11 is 9.99. The summed E-state index contributed by atoms with van der Waals surface area (Å²) in [5, 5.41) is 46.3. The summed E-state index contributed by atoms with van der Waals surface area (Å²) in [6.07, 6.45) is 13.0. The molecular weight excluding hydrogens is 1220 g/mol. The van der Waals surface area contributed by atoms with Gasteiger partial charge in [-0.1, -0.05) is 0 Å². The average molecular weight is 1300 g/mol. The van der Waals surface area contributed by atoms with Crippen LogP contribution >= 0.6 is 88.6 Å². The van der Waals surface area contributed by atoms with Crippen molar-refractivity contribution < 1.29 is 76.9 Å². The largest absolute Gasteiger partial charge is 2.00 e. The molecule has 0 spiro atoms. The third-order valence-electron chi connectivity index (χ3n) is 3.98. The second kappa shape index (κ2) is 73.6. The summed E-state index contributed by atoms with van der Waals surface area (Å²) in [7, 11) is 4.44. The van der Waals surface area contributed by atoms with E-state index in [2.05, 4.69) is 101 Å². The van der Waals surface area contributed by atoms with Crippen LogP contribution < -0.4 is 0 Å². The van der Waals surface area contributed by atoms with Crippen molar-refractivity contribution >= 4 is 107 Å². The number of carboxylic acid groups (broad SMARTS) is 3. The molecule has 6 N–H and O–H groups in total. The maximum absolute atomic E-state index is 10.6. The molecule has 0 aromatic heterocycles. The first-order valence-corrected chi connectivity index (χ1v) is 25.4. The summed E-state index contributed by atoms with van der Waals surface area (Å²) in [6.45, 7) is 24.7. The molecule has 342 valence electrons. The first-order valence-electron chi connectivity index (χ1n) is 16.4. The Kier molecular flexibility index (Phi) is 113. The van der Waals surface area contributed by atoms with Crippen molar-refractivity contribution in [2.45, 2.75) is 118 Å². The van der Waals surface area contributed by atoms with E-state index in [0.29, 0.717) is 11.7 Å². The molecule has 19 heteroatoms. The molecule has 55 heavy (non-hydrogen) atoms. The number of aliphatic hydroxyl groups excluding tert-OH is 1. The zero-order valence-electron chi connectivity index (χ0n) is 36.9. The number of carboxylic acids is 3. The second-order valence-corrected chi connectivity index (χ2v) is 18.7. The van der Waals surface area contributed by atoms with Gasteiger partial charge < -0.3 is 44.1 Å². The minimum Gasteiger partial charge on any atom is -0.481 e. The summed E-state index contributed by atoms with van der Waals surface area (Å²) < 4.78 is 0. The molecule has 0 aliphatic carbocycles. The van der Waals surface area contributed by atoms with E-state index < -0.39 is 23.8 Å². The van der Waals surface area contributed by atoms with Crippen LogP contribution in [0, 0.1) is 39.9 Å². The van der Waals surface area contributed by atoms with Crippen LogP contribution in [0.4, 0.5) is 0 Å². The Morgan fingerprint density at radius 1 is 0.509 bits per heavy atom. The van der Waals surface area contributed by atoms with Gasteiger partial charge in [-0.05, 0) is 62.0 Å². The standard InChI is InChI=1S/C8H16O3S2.2C6H12O2S2.4C4H9.2H2NP.2Pt/c1-12-5-7(13-2)3-6(4-9)8(10)11;2*1-9-4-5(10-2)3-6(7)8;4*1-4(2)3;2*1-2;;/h6-7,9H,3-5H2,1-2H3,(H,10,11);2*5H,3-4H2,1-2H3,(H,7,8);4*1-3H3;2*1-2H;;/q;;;4*-1;;;2*+2. The minimum atomic E-state index is -0.900. The zero-order chi connectivity index (χ0) is 44.5. The molecule has 0 aliphatic rings. The molecule has 0 radical (unpaired) electrons. The van der Waals surface area contributed by atoms with Gasteiger partial charge in [0, 0.05) is 33.0 Å². The van der Waals surface area contributed by atoms with Crippen LogP contribution in [0.3, 0.4) is 0 Å². The van der Waals surface area contributed by atoms with E-state index in [-0.39, 0.29) is 72.1 Å². The SMILES string of the molecule is CSCC(CC(=O)O)SC.CSCC(CC(=O)O)SC.CSCC(CC(CO)C(=O)O)SC.C[C-](C)C.C[C-](C)C.C[C-](C)C.C[C-](C)C.N=P.N=P.[Pt+2].[Pt+2]. The number of aliphatic carboxylic acids is 3. The predicted octanol–water partition coefficient (Wildman–Crippen LogP) is 12.5. The number of aliphatic hydroxyl groups is 1. The van der Waals surface area contributed by atoms with Crippen molar-refractivity contribution in [3.05, 3.63) is 23.7 Å². The molecule has 0 aliphatic heterocycles.